The second-order valence-corrected chi connectivity index (χ2v) is 2.85. The van der Waals surface area contributed by atoms with Crippen LogP contribution in [0.4, 0.5) is 0 Å². The molecule has 0 saturated heterocycles. The molecule has 0 heterocycles. The average molecular weight is 155 g/mol. The van der Waals surface area contributed by atoms with Crippen LogP contribution in [0.1, 0.15) is 6.42 Å². The third-order valence-corrected chi connectivity index (χ3v) is 1.68. The van der Waals surface area contributed by atoms with Crippen molar-refractivity contribution in [1.82, 2.24) is 5.48 Å². The lowest BCUT2D eigenvalue weighted by atomic mass is 9.91. The number of nitrogens with one attached hydrogen (secondary N) is 1. The first-order valence-corrected chi connectivity index (χ1v) is 3.46. The molecule has 4 heteroatoms. The lowest BCUT2D eigenvalue weighted by Crippen LogP contribution is -2.48. The van der Waals surface area contributed by atoms with Crippen molar-refractivity contribution in [2.24, 2.45) is 11.5 Å². The topological polar surface area (TPSA) is 84.3 Å². The van der Waals surface area contributed by atoms with Crippen LogP contribution in [-0.2, 0) is 0 Å². The van der Waals surface area contributed by atoms with Gasteiger partial charge in [0.25, 0.3) is 0 Å². The fraction of sp³-hybridized carbons (Fsp3) is 0.429. The molecule has 0 aliphatic heterocycles. The van der Waals surface area contributed by atoms with Crippen molar-refractivity contribution in [1.29, 1.82) is 0 Å². The Morgan fingerprint density at radius 2 is 2.45 bits per heavy atom. The molecule has 1 unspecified atom stereocenters. The molecule has 11 heavy (non-hydrogen) atoms. The van der Waals surface area contributed by atoms with Gasteiger partial charge < -0.3 is 16.7 Å². The lowest BCUT2D eigenvalue weighted by molar-refractivity contribution is 0.148. The zero-order valence-electron chi connectivity index (χ0n) is 6.25. The van der Waals surface area contributed by atoms with Crippen LogP contribution in [0.25, 0.3) is 0 Å². The summed E-state index contributed by atoms with van der Waals surface area (Å²) in [5, 5.41) is 8.45. The molecule has 0 amide bonds. The number of hydrogen-bond acceptors (Lipinski definition) is 4. The Labute approximate surface area is 65.5 Å². The van der Waals surface area contributed by atoms with E-state index in [-0.39, 0.29) is 0 Å². The van der Waals surface area contributed by atoms with Crippen LogP contribution < -0.4 is 16.9 Å². The second kappa shape index (κ2) is 3.04. The number of allylic oxidation sites excluding steroid dienone is 2. The maximum absolute atomic E-state index is 8.45. The van der Waals surface area contributed by atoms with E-state index in [4.69, 9.17) is 16.7 Å². The van der Waals surface area contributed by atoms with Gasteiger partial charge in [0.05, 0.1) is 5.54 Å². The molecule has 0 saturated carbocycles. The normalized spacial score (nSPS) is 30.2. The quantitative estimate of drug-likeness (QED) is 0.404. The third kappa shape index (κ3) is 2.04. The van der Waals surface area contributed by atoms with Crippen LogP contribution in [0.5, 0.6) is 0 Å². The zero-order valence-corrected chi connectivity index (χ0v) is 6.25. The number of hydrogen-bond donors (Lipinski definition) is 4. The Morgan fingerprint density at radius 3 is 3.00 bits per heavy atom. The predicted octanol–water partition coefficient (Wildman–Crippen LogP) is -0.535. The van der Waals surface area contributed by atoms with Gasteiger partial charge in [0.2, 0.25) is 0 Å². The smallest absolute Gasteiger partial charge is 0.0547 e. The summed E-state index contributed by atoms with van der Waals surface area (Å²) in [6.07, 6.45) is 6.02. The largest absolute Gasteiger partial charge is 0.402 e. The van der Waals surface area contributed by atoms with Gasteiger partial charge in [0, 0.05) is 18.7 Å². The van der Waals surface area contributed by atoms with E-state index in [1.807, 2.05) is 17.6 Å². The van der Waals surface area contributed by atoms with Crippen LogP contribution in [0.3, 0.4) is 0 Å². The predicted molar refractivity (Wildman–Crippen MR) is 42.7 cm³/mol. The maximum atomic E-state index is 8.45. The van der Waals surface area contributed by atoms with Crippen molar-refractivity contribution in [3.8, 4) is 0 Å². The molecule has 0 aromatic carbocycles. The van der Waals surface area contributed by atoms with Gasteiger partial charge in [-0.3, -0.25) is 0 Å². The monoisotopic (exact) mass is 155 g/mol. The summed E-state index contributed by atoms with van der Waals surface area (Å²) in [5.74, 6) is 0. The Bertz CT molecular complexity index is 200. The Hall–Kier alpha value is -0.840. The third-order valence-electron chi connectivity index (χ3n) is 1.68. The molecule has 1 aliphatic rings. The standard InChI is InChI=1S/C7H13N3O/c8-6-2-1-3-7(9,4-6)5-10-11/h1-3,10-11H,4-5,8-9H2. The van der Waals surface area contributed by atoms with E-state index < -0.39 is 5.54 Å². The molecule has 4 nitrogen and oxygen atoms in total. The summed E-state index contributed by atoms with van der Waals surface area (Å²) in [4.78, 5) is 0. The zero-order chi connectivity index (χ0) is 8.32. The van der Waals surface area contributed by atoms with E-state index in [9.17, 15) is 0 Å². The van der Waals surface area contributed by atoms with E-state index in [0.717, 1.165) is 5.70 Å². The summed E-state index contributed by atoms with van der Waals surface area (Å²) in [6.45, 7) is 0.317. The first-order valence-electron chi connectivity index (χ1n) is 3.46. The summed E-state index contributed by atoms with van der Waals surface area (Å²) in [7, 11) is 0. The van der Waals surface area contributed by atoms with Crippen LogP contribution in [0.15, 0.2) is 23.9 Å². The fourth-order valence-electron chi connectivity index (χ4n) is 1.13. The van der Waals surface area contributed by atoms with Crippen LogP contribution >= 0.6 is 0 Å². The SMILES string of the molecule is NC1=CC=CC(N)(CNO)C1. The second-order valence-electron chi connectivity index (χ2n) is 2.85. The van der Waals surface area contributed by atoms with Gasteiger partial charge in [-0.25, -0.2) is 5.48 Å². The Balaban J connectivity index is 2.62. The minimum absolute atomic E-state index is 0.317. The van der Waals surface area contributed by atoms with Crippen LogP contribution in [0.2, 0.25) is 0 Å². The fourth-order valence-corrected chi connectivity index (χ4v) is 1.13. The lowest BCUT2D eigenvalue weighted by Gasteiger charge is -2.27. The van der Waals surface area contributed by atoms with Gasteiger partial charge >= 0.3 is 0 Å². The van der Waals surface area contributed by atoms with Gasteiger partial charge in [-0.05, 0) is 6.08 Å². The number of nitrogens with two attached hydrogens (primary N) is 2. The van der Waals surface area contributed by atoms with Gasteiger partial charge in [-0.1, -0.05) is 12.2 Å². The van der Waals surface area contributed by atoms with Crippen LogP contribution in [-0.4, -0.2) is 17.3 Å². The molecule has 1 rings (SSSR count). The molecule has 0 aromatic heterocycles. The van der Waals surface area contributed by atoms with Crippen LogP contribution in [0, 0.1) is 0 Å². The van der Waals surface area contributed by atoms with Crippen molar-refractivity contribution >= 4 is 0 Å². The Morgan fingerprint density at radius 1 is 1.73 bits per heavy atom. The van der Waals surface area contributed by atoms with Crippen molar-refractivity contribution in [2.75, 3.05) is 6.54 Å². The minimum atomic E-state index is -0.534. The number of rotatable bonds is 2. The molecule has 1 aliphatic carbocycles. The number of hydroxylamine groups is 1. The minimum Gasteiger partial charge on any atom is -0.402 e. The molecule has 1 atom stereocenters. The molecule has 62 valence electrons. The van der Waals surface area contributed by atoms with E-state index in [2.05, 4.69) is 0 Å². The van der Waals surface area contributed by atoms with Crippen molar-refractivity contribution < 1.29 is 5.21 Å². The van der Waals surface area contributed by atoms with Crippen molar-refractivity contribution in [3.63, 3.8) is 0 Å². The highest BCUT2D eigenvalue weighted by atomic mass is 16.5. The molecular weight excluding hydrogens is 142 g/mol. The first kappa shape index (κ1) is 8.26. The average Bonchev–Trinajstić information content (AvgIpc) is 1.86. The Kier molecular flexibility index (Phi) is 2.28. The molecule has 0 radical (unpaired) electrons. The van der Waals surface area contributed by atoms with Gasteiger partial charge in [0.1, 0.15) is 0 Å². The summed E-state index contributed by atoms with van der Waals surface area (Å²) < 4.78 is 0. The maximum Gasteiger partial charge on any atom is 0.0547 e. The molecule has 0 bridgehead atoms. The van der Waals surface area contributed by atoms with E-state index in [0.29, 0.717) is 13.0 Å². The van der Waals surface area contributed by atoms with Crippen molar-refractivity contribution in [3.05, 3.63) is 23.9 Å². The molecule has 0 fully saturated rings. The van der Waals surface area contributed by atoms with Gasteiger partial charge in [0.15, 0.2) is 0 Å². The molecule has 6 N–H and O–H groups in total. The highest BCUT2D eigenvalue weighted by Gasteiger charge is 2.23. The first-order chi connectivity index (χ1) is 5.16. The molecule has 0 spiro atoms. The van der Waals surface area contributed by atoms with E-state index in [1.165, 1.54) is 0 Å². The highest BCUT2D eigenvalue weighted by Crippen LogP contribution is 2.16. The molecular formula is C7H13N3O. The van der Waals surface area contributed by atoms with Gasteiger partial charge in [-0.15, -0.1) is 0 Å². The van der Waals surface area contributed by atoms with E-state index >= 15 is 0 Å². The summed E-state index contributed by atoms with van der Waals surface area (Å²) in [5.41, 5.74) is 13.6. The summed E-state index contributed by atoms with van der Waals surface area (Å²) >= 11 is 0. The van der Waals surface area contributed by atoms with E-state index in [1.54, 1.807) is 6.08 Å². The van der Waals surface area contributed by atoms with Crippen molar-refractivity contribution in [2.45, 2.75) is 12.0 Å². The molecule has 0 aromatic rings. The van der Waals surface area contributed by atoms with Gasteiger partial charge in [-0.2, -0.15) is 0 Å². The summed E-state index contributed by atoms with van der Waals surface area (Å²) in [6, 6.07) is 0. The highest BCUT2D eigenvalue weighted by molar-refractivity contribution is 5.25.